The molecule has 4 nitrogen and oxygen atoms in total. The quantitative estimate of drug-likeness (QED) is 0.911. The van der Waals surface area contributed by atoms with Gasteiger partial charge < -0.3 is 10.1 Å². The van der Waals surface area contributed by atoms with Crippen molar-refractivity contribution in [2.75, 3.05) is 12.4 Å². The number of benzene rings is 2. The highest BCUT2D eigenvalue weighted by Gasteiger charge is 2.22. The fraction of sp³-hybridized carbons (Fsp3) is 0.188. The van der Waals surface area contributed by atoms with E-state index in [9.17, 15) is 17.8 Å². The van der Waals surface area contributed by atoms with Crippen molar-refractivity contribution in [3.8, 4) is 5.75 Å². The molecule has 7 heteroatoms. The number of nitrogens with one attached hydrogen (secondary N) is 1. The second-order valence-corrected chi connectivity index (χ2v) is 6.51. The SMILES string of the molecule is COc1cccc([S@@](=O)[C@@H](C)C(=O)Nc2ccc(F)c(F)c2)c1. The predicted octanol–water partition coefficient (Wildman–Crippen LogP) is 3.11. The Bertz CT molecular complexity index is 752. The van der Waals surface area contributed by atoms with Gasteiger partial charge >= 0.3 is 0 Å². The standard InChI is InChI=1S/C16H15F2NO3S/c1-10(23(21)13-5-3-4-12(9-13)22-2)16(20)19-11-6-7-14(17)15(18)8-11/h3-10H,1-2H3,(H,19,20)/t10-,23-/m0/s1. The number of carbonyl (C=O) groups is 1. The fourth-order valence-corrected chi connectivity index (χ4v) is 2.95. The average molecular weight is 339 g/mol. The molecule has 0 spiro atoms. The van der Waals surface area contributed by atoms with Gasteiger partial charge in [-0.05, 0) is 37.3 Å². The van der Waals surface area contributed by atoms with Crippen LogP contribution in [-0.4, -0.2) is 22.5 Å². The number of hydrogen-bond acceptors (Lipinski definition) is 3. The van der Waals surface area contributed by atoms with Crippen LogP contribution in [0, 0.1) is 11.6 Å². The second kappa shape index (κ2) is 7.32. The van der Waals surface area contributed by atoms with Gasteiger partial charge in [0, 0.05) is 16.6 Å². The number of ether oxygens (including phenoxy) is 1. The van der Waals surface area contributed by atoms with Crippen LogP contribution in [0.15, 0.2) is 47.4 Å². The van der Waals surface area contributed by atoms with Gasteiger partial charge in [0.2, 0.25) is 5.91 Å². The summed E-state index contributed by atoms with van der Waals surface area (Å²) in [5.41, 5.74) is 0.100. The van der Waals surface area contributed by atoms with E-state index in [1.165, 1.54) is 20.1 Å². The Kier molecular flexibility index (Phi) is 5.44. The number of amides is 1. The van der Waals surface area contributed by atoms with E-state index in [-0.39, 0.29) is 5.69 Å². The molecule has 0 saturated carbocycles. The maximum Gasteiger partial charge on any atom is 0.240 e. The maximum atomic E-state index is 13.1. The van der Waals surface area contributed by atoms with Gasteiger partial charge in [-0.25, -0.2) is 8.78 Å². The molecule has 0 unspecified atom stereocenters. The summed E-state index contributed by atoms with van der Waals surface area (Å²) in [5.74, 6) is -2.10. The van der Waals surface area contributed by atoms with Crippen LogP contribution in [0.1, 0.15) is 6.92 Å². The Morgan fingerprint density at radius 2 is 1.91 bits per heavy atom. The van der Waals surface area contributed by atoms with Gasteiger partial charge in [0.05, 0.1) is 17.9 Å². The molecule has 0 fully saturated rings. The van der Waals surface area contributed by atoms with Crippen LogP contribution in [-0.2, 0) is 15.6 Å². The van der Waals surface area contributed by atoms with Gasteiger partial charge in [0.25, 0.3) is 0 Å². The van der Waals surface area contributed by atoms with Crippen molar-refractivity contribution in [3.05, 3.63) is 54.1 Å². The minimum atomic E-state index is -1.61. The van der Waals surface area contributed by atoms with Gasteiger partial charge in [-0.3, -0.25) is 9.00 Å². The third-order valence-electron chi connectivity index (χ3n) is 3.15. The van der Waals surface area contributed by atoms with Gasteiger partial charge in [-0.1, -0.05) is 6.07 Å². The lowest BCUT2D eigenvalue weighted by molar-refractivity contribution is -0.115. The molecule has 0 heterocycles. The van der Waals surface area contributed by atoms with E-state index in [1.54, 1.807) is 24.3 Å². The highest BCUT2D eigenvalue weighted by atomic mass is 32.2. The van der Waals surface area contributed by atoms with Crippen molar-refractivity contribution in [2.24, 2.45) is 0 Å². The van der Waals surface area contributed by atoms with Crippen molar-refractivity contribution < 1.29 is 22.5 Å². The summed E-state index contributed by atoms with van der Waals surface area (Å²) in [5, 5.41) is 1.54. The molecular formula is C16H15F2NO3S. The predicted molar refractivity (Wildman–Crippen MR) is 83.9 cm³/mol. The zero-order chi connectivity index (χ0) is 17.0. The number of rotatable bonds is 5. The summed E-state index contributed by atoms with van der Waals surface area (Å²) < 4.78 is 43.5. The van der Waals surface area contributed by atoms with E-state index >= 15 is 0 Å². The van der Waals surface area contributed by atoms with Crippen LogP contribution in [0.5, 0.6) is 5.75 Å². The molecule has 2 atom stereocenters. The lowest BCUT2D eigenvalue weighted by atomic mass is 10.3. The van der Waals surface area contributed by atoms with Gasteiger partial charge in [-0.15, -0.1) is 0 Å². The molecule has 0 radical (unpaired) electrons. The number of methoxy groups -OCH3 is 1. The van der Waals surface area contributed by atoms with E-state index in [4.69, 9.17) is 4.74 Å². The first kappa shape index (κ1) is 17.1. The molecule has 2 aromatic rings. The Balaban J connectivity index is 2.11. The number of halogens is 2. The van der Waals surface area contributed by atoms with Gasteiger partial charge in [0.1, 0.15) is 11.0 Å². The summed E-state index contributed by atoms with van der Waals surface area (Å²) in [6.45, 7) is 1.49. The lowest BCUT2D eigenvalue weighted by Gasteiger charge is -2.13. The van der Waals surface area contributed by atoms with Crippen molar-refractivity contribution in [3.63, 3.8) is 0 Å². The molecule has 0 bridgehead atoms. The maximum absolute atomic E-state index is 13.1. The topological polar surface area (TPSA) is 55.4 Å². The van der Waals surface area contributed by atoms with Crippen LogP contribution >= 0.6 is 0 Å². The Labute approximate surface area is 134 Å². The Morgan fingerprint density at radius 1 is 1.17 bits per heavy atom. The van der Waals surface area contributed by atoms with E-state index in [2.05, 4.69) is 5.32 Å². The molecule has 0 aromatic heterocycles. The first-order chi connectivity index (χ1) is 10.9. The number of anilines is 1. The monoisotopic (exact) mass is 339 g/mol. The Morgan fingerprint density at radius 3 is 2.57 bits per heavy atom. The molecule has 2 rings (SSSR count). The minimum absolute atomic E-state index is 0.100. The van der Waals surface area contributed by atoms with Crippen LogP contribution in [0.2, 0.25) is 0 Å². The van der Waals surface area contributed by atoms with Crippen LogP contribution in [0.25, 0.3) is 0 Å². The van der Waals surface area contributed by atoms with Crippen LogP contribution in [0.4, 0.5) is 14.5 Å². The van der Waals surface area contributed by atoms with Crippen LogP contribution in [0.3, 0.4) is 0 Å². The van der Waals surface area contributed by atoms with Crippen molar-refractivity contribution >= 4 is 22.4 Å². The molecule has 23 heavy (non-hydrogen) atoms. The first-order valence-corrected chi connectivity index (χ1v) is 7.94. The first-order valence-electron chi connectivity index (χ1n) is 6.73. The van der Waals surface area contributed by atoms with Gasteiger partial charge in [0.15, 0.2) is 11.6 Å². The summed E-state index contributed by atoms with van der Waals surface area (Å²) in [4.78, 5) is 12.6. The third kappa shape index (κ3) is 4.13. The van der Waals surface area contributed by atoms with Crippen molar-refractivity contribution in [1.29, 1.82) is 0 Å². The fourth-order valence-electron chi connectivity index (χ4n) is 1.85. The highest BCUT2D eigenvalue weighted by molar-refractivity contribution is 7.86. The average Bonchev–Trinajstić information content (AvgIpc) is 2.56. The van der Waals surface area contributed by atoms with Crippen LogP contribution < -0.4 is 10.1 Å². The molecule has 1 N–H and O–H groups in total. The van der Waals surface area contributed by atoms with Gasteiger partial charge in [-0.2, -0.15) is 0 Å². The normalized spacial score (nSPS) is 13.2. The smallest absolute Gasteiger partial charge is 0.240 e. The zero-order valence-electron chi connectivity index (χ0n) is 12.5. The molecule has 1 amide bonds. The summed E-state index contributed by atoms with van der Waals surface area (Å²) in [6.07, 6.45) is 0. The third-order valence-corrected chi connectivity index (χ3v) is 4.73. The van der Waals surface area contributed by atoms with Crippen molar-refractivity contribution in [2.45, 2.75) is 17.1 Å². The minimum Gasteiger partial charge on any atom is -0.497 e. The second-order valence-electron chi connectivity index (χ2n) is 4.74. The van der Waals surface area contributed by atoms with E-state index in [0.717, 1.165) is 12.1 Å². The number of carbonyl (C=O) groups excluding carboxylic acids is 1. The molecule has 0 aliphatic rings. The Hall–Kier alpha value is -2.28. The zero-order valence-corrected chi connectivity index (χ0v) is 13.3. The molecule has 122 valence electrons. The van der Waals surface area contributed by atoms with E-state index in [0.29, 0.717) is 10.6 Å². The molecule has 0 aliphatic carbocycles. The molecule has 0 aliphatic heterocycles. The lowest BCUT2D eigenvalue weighted by Crippen LogP contribution is -2.29. The van der Waals surface area contributed by atoms with E-state index in [1.807, 2.05) is 0 Å². The summed E-state index contributed by atoms with van der Waals surface area (Å²) >= 11 is 0. The van der Waals surface area contributed by atoms with E-state index < -0.39 is 33.6 Å². The largest absolute Gasteiger partial charge is 0.497 e. The van der Waals surface area contributed by atoms with Crippen molar-refractivity contribution in [1.82, 2.24) is 0 Å². The molecule has 0 saturated heterocycles. The number of hydrogen-bond donors (Lipinski definition) is 1. The molecule has 2 aromatic carbocycles. The highest BCUT2D eigenvalue weighted by Crippen LogP contribution is 2.19. The molecular weight excluding hydrogens is 324 g/mol. The summed E-state index contributed by atoms with van der Waals surface area (Å²) in [6, 6.07) is 9.59. The summed E-state index contributed by atoms with van der Waals surface area (Å²) in [7, 11) is -0.126.